The molecule has 0 spiro atoms. The van der Waals surface area contributed by atoms with Gasteiger partial charge in [0.05, 0.1) is 0 Å². The Morgan fingerprint density at radius 2 is 2.09 bits per heavy atom. The second kappa shape index (κ2) is 5.46. The lowest BCUT2D eigenvalue weighted by atomic mass is 10.2. The van der Waals surface area contributed by atoms with Crippen LogP contribution in [-0.2, 0) is 6.18 Å². The number of carbonyl (C=O) groups is 1. The van der Waals surface area contributed by atoms with Gasteiger partial charge in [0.1, 0.15) is 0 Å². The fraction of sp³-hybridized carbons (Fsp3) is 0.167. The van der Waals surface area contributed by atoms with Crippen LogP contribution in [0.4, 0.5) is 18.9 Å². The summed E-state index contributed by atoms with van der Waals surface area (Å²) in [6, 6.07) is 4.87. The molecule has 6 nitrogen and oxygen atoms in total. The molecule has 2 aromatic heterocycles. The Balaban J connectivity index is 1.89. The highest BCUT2D eigenvalue weighted by Gasteiger charge is 2.38. The zero-order valence-corrected chi connectivity index (χ0v) is 12.9. The minimum Gasteiger partial charge on any atom is -0.320 e. The number of nitrogens with zero attached hydrogens (tertiary/aromatic N) is 4. The van der Waals surface area contributed by atoms with Crippen LogP contribution in [0.15, 0.2) is 18.2 Å². The predicted molar refractivity (Wildman–Crippen MR) is 77.8 cm³/mol. The van der Waals surface area contributed by atoms with Crippen LogP contribution in [0.25, 0.3) is 4.96 Å². The Morgan fingerprint density at radius 1 is 1.35 bits per heavy atom. The maximum atomic E-state index is 12.7. The molecule has 23 heavy (non-hydrogen) atoms. The number of aryl methyl sites for hydroxylation is 1. The van der Waals surface area contributed by atoms with Gasteiger partial charge in [0.2, 0.25) is 9.97 Å². The summed E-state index contributed by atoms with van der Waals surface area (Å²) in [5.41, 5.74) is 1.24. The number of anilines is 1. The highest BCUT2D eigenvalue weighted by atomic mass is 35.5. The lowest BCUT2D eigenvalue weighted by Crippen LogP contribution is -2.14. The summed E-state index contributed by atoms with van der Waals surface area (Å²) in [4.78, 5) is 12.0. The molecule has 0 aliphatic rings. The van der Waals surface area contributed by atoms with Gasteiger partial charge in [-0.1, -0.05) is 29.0 Å². The van der Waals surface area contributed by atoms with Gasteiger partial charge in [-0.3, -0.25) is 4.79 Å². The highest BCUT2D eigenvalue weighted by molar-refractivity contribution is 7.18. The van der Waals surface area contributed by atoms with Gasteiger partial charge in [-0.15, -0.1) is 15.3 Å². The van der Waals surface area contributed by atoms with E-state index in [-0.39, 0.29) is 9.97 Å². The van der Waals surface area contributed by atoms with Gasteiger partial charge in [0.25, 0.3) is 11.7 Å². The van der Waals surface area contributed by atoms with Gasteiger partial charge in [0, 0.05) is 10.7 Å². The molecule has 0 aliphatic heterocycles. The quantitative estimate of drug-likeness (QED) is 0.759. The van der Waals surface area contributed by atoms with Gasteiger partial charge in [-0.25, -0.2) is 0 Å². The highest BCUT2D eigenvalue weighted by Crippen LogP contribution is 2.29. The van der Waals surface area contributed by atoms with Crippen molar-refractivity contribution in [1.82, 2.24) is 19.8 Å². The molecule has 1 amide bonds. The van der Waals surface area contributed by atoms with E-state index in [4.69, 9.17) is 11.6 Å². The average molecular weight is 362 g/mol. The Kier molecular flexibility index (Phi) is 3.72. The molecule has 0 aliphatic carbocycles. The van der Waals surface area contributed by atoms with Crippen molar-refractivity contribution in [1.29, 1.82) is 0 Å². The third-order valence-corrected chi connectivity index (χ3v) is 4.17. The minimum atomic E-state index is -4.70. The van der Waals surface area contributed by atoms with Crippen LogP contribution in [0.2, 0.25) is 5.02 Å². The van der Waals surface area contributed by atoms with E-state index in [2.05, 4.69) is 20.6 Å². The minimum absolute atomic E-state index is 0.121. The molecule has 0 unspecified atom stereocenters. The van der Waals surface area contributed by atoms with E-state index in [1.165, 1.54) is 6.07 Å². The number of halogens is 4. The Bertz CT molecular complexity index is 904. The largest absolute Gasteiger partial charge is 0.453 e. The SMILES string of the molecule is Cc1ccc(NC(=O)c2nn3c(C(F)(F)F)nnc3s2)cc1Cl. The standard InChI is InChI=1S/C12H7ClF3N5OS/c1-5-2-3-6(4-7(5)13)17-8(22)9-20-21-10(12(14,15)16)18-19-11(21)23-9/h2-4H,1H3,(H,17,22). The van der Waals surface area contributed by atoms with Crippen molar-refractivity contribution in [3.63, 3.8) is 0 Å². The van der Waals surface area contributed by atoms with Gasteiger partial charge in [-0.05, 0) is 24.6 Å². The van der Waals surface area contributed by atoms with Crippen LogP contribution >= 0.6 is 22.9 Å². The molecule has 0 saturated carbocycles. The number of benzene rings is 1. The third kappa shape index (κ3) is 2.99. The summed E-state index contributed by atoms with van der Waals surface area (Å²) in [7, 11) is 0. The van der Waals surface area contributed by atoms with Crippen LogP contribution < -0.4 is 5.32 Å². The molecule has 1 N–H and O–H groups in total. The smallest absolute Gasteiger partial charge is 0.320 e. The van der Waals surface area contributed by atoms with Crippen molar-refractivity contribution >= 4 is 39.5 Å². The molecule has 11 heteroatoms. The molecule has 120 valence electrons. The topological polar surface area (TPSA) is 72.2 Å². The van der Waals surface area contributed by atoms with Crippen LogP contribution in [0.1, 0.15) is 21.2 Å². The monoisotopic (exact) mass is 361 g/mol. The normalized spacial score (nSPS) is 11.9. The van der Waals surface area contributed by atoms with Crippen molar-refractivity contribution in [3.8, 4) is 0 Å². The first-order chi connectivity index (χ1) is 10.8. The summed E-state index contributed by atoms with van der Waals surface area (Å²) < 4.78 is 38.7. The van der Waals surface area contributed by atoms with Crippen molar-refractivity contribution in [2.24, 2.45) is 0 Å². The van der Waals surface area contributed by atoms with E-state index < -0.39 is 17.9 Å². The first-order valence-corrected chi connectivity index (χ1v) is 7.32. The first kappa shape index (κ1) is 15.7. The zero-order chi connectivity index (χ0) is 16.8. The fourth-order valence-electron chi connectivity index (χ4n) is 1.74. The lowest BCUT2D eigenvalue weighted by molar-refractivity contribution is -0.146. The maximum absolute atomic E-state index is 12.7. The van der Waals surface area contributed by atoms with Gasteiger partial charge < -0.3 is 5.32 Å². The van der Waals surface area contributed by atoms with Crippen molar-refractivity contribution in [2.45, 2.75) is 13.1 Å². The van der Waals surface area contributed by atoms with E-state index in [9.17, 15) is 18.0 Å². The third-order valence-electron chi connectivity index (χ3n) is 2.87. The van der Waals surface area contributed by atoms with Crippen LogP contribution in [-0.4, -0.2) is 25.7 Å². The van der Waals surface area contributed by atoms with E-state index >= 15 is 0 Å². The van der Waals surface area contributed by atoms with E-state index in [1.807, 2.05) is 0 Å². The first-order valence-electron chi connectivity index (χ1n) is 6.12. The zero-order valence-electron chi connectivity index (χ0n) is 11.3. The fourth-order valence-corrected chi connectivity index (χ4v) is 2.66. The van der Waals surface area contributed by atoms with Gasteiger partial charge >= 0.3 is 6.18 Å². The second-order valence-corrected chi connectivity index (χ2v) is 5.90. The van der Waals surface area contributed by atoms with Gasteiger partial charge in [-0.2, -0.15) is 17.7 Å². The number of hydrogen-bond acceptors (Lipinski definition) is 5. The van der Waals surface area contributed by atoms with E-state index in [1.54, 1.807) is 19.1 Å². The Hall–Kier alpha value is -2.20. The summed E-state index contributed by atoms with van der Waals surface area (Å²) in [6.07, 6.45) is -4.70. The second-order valence-electron chi connectivity index (χ2n) is 4.54. The van der Waals surface area contributed by atoms with E-state index in [0.717, 1.165) is 5.56 Å². The molecule has 2 heterocycles. The number of carbonyl (C=O) groups excluding carboxylic acids is 1. The summed E-state index contributed by atoms with van der Waals surface area (Å²) in [5.74, 6) is -1.94. The molecule has 0 bridgehead atoms. The molecule has 0 atom stereocenters. The number of hydrogen-bond donors (Lipinski definition) is 1. The maximum Gasteiger partial charge on any atom is 0.453 e. The molecule has 3 rings (SSSR count). The van der Waals surface area contributed by atoms with Crippen molar-refractivity contribution in [3.05, 3.63) is 39.6 Å². The average Bonchev–Trinajstić information content (AvgIpc) is 3.01. The number of alkyl halides is 3. The number of rotatable bonds is 2. The van der Waals surface area contributed by atoms with Crippen LogP contribution in [0.3, 0.4) is 0 Å². The molecule has 1 aromatic carbocycles. The summed E-state index contributed by atoms with van der Waals surface area (Å²) >= 11 is 6.65. The lowest BCUT2D eigenvalue weighted by Gasteiger charge is -2.04. The number of amides is 1. The molecule has 0 radical (unpaired) electrons. The van der Waals surface area contributed by atoms with Crippen molar-refractivity contribution in [2.75, 3.05) is 5.32 Å². The summed E-state index contributed by atoms with van der Waals surface area (Å²) in [5, 5.41) is 12.8. The van der Waals surface area contributed by atoms with Crippen LogP contribution in [0.5, 0.6) is 0 Å². The number of aromatic nitrogens is 4. The molecular weight excluding hydrogens is 355 g/mol. The van der Waals surface area contributed by atoms with E-state index in [0.29, 0.717) is 26.6 Å². The Morgan fingerprint density at radius 3 is 2.74 bits per heavy atom. The molecule has 3 aromatic rings. The van der Waals surface area contributed by atoms with Gasteiger partial charge in [0.15, 0.2) is 0 Å². The molecular formula is C12H7ClF3N5OS. The van der Waals surface area contributed by atoms with Crippen molar-refractivity contribution < 1.29 is 18.0 Å². The molecule has 0 saturated heterocycles. The molecule has 0 fully saturated rings. The predicted octanol–water partition coefficient (Wildman–Crippen LogP) is 3.42. The summed E-state index contributed by atoms with van der Waals surface area (Å²) in [6.45, 7) is 1.80. The Labute approximate surface area is 135 Å². The number of fused-ring (bicyclic) bond motifs is 1. The number of nitrogens with one attached hydrogen (secondary N) is 1. The van der Waals surface area contributed by atoms with Crippen LogP contribution in [0, 0.1) is 6.92 Å².